The summed E-state index contributed by atoms with van der Waals surface area (Å²) < 4.78 is 41.7. The van der Waals surface area contributed by atoms with Gasteiger partial charge in [0, 0.05) is 36.3 Å². The Hall–Kier alpha value is -0.440. The standard InChI is InChI=1S/C14H23ClFN3O2S.ClH/c1-4-14(17,5-2)10-18-22(20,21)19(3)9-11-12(15)7-6-8-13(11)16;/h6-8,18H,4-5,9-10,17H2,1-3H3;1H. The molecule has 0 aliphatic heterocycles. The Balaban J connectivity index is 0.00000484. The fourth-order valence-corrected chi connectivity index (χ4v) is 3.05. The molecule has 0 saturated carbocycles. The van der Waals surface area contributed by atoms with E-state index in [2.05, 4.69) is 4.72 Å². The van der Waals surface area contributed by atoms with Crippen LogP contribution in [0.3, 0.4) is 0 Å². The molecule has 0 aromatic heterocycles. The first-order valence-electron chi connectivity index (χ1n) is 7.08. The maximum Gasteiger partial charge on any atom is 0.279 e. The summed E-state index contributed by atoms with van der Waals surface area (Å²) in [6.45, 7) is 3.77. The van der Waals surface area contributed by atoms with Crippen LogP contribution in [0, 0.1) is 5.82 Å². The molecule has 0 aliphatic carbocycles. The quantitative estimate of drug-likeness (QED) is 0.719. The fourth-order valence-electron chi connectivity index (χ4n) is 1.84. The van der Waals surface area contributed by atoms with Gasteiger partial charge in [0.05, 0.1) is 0 Å². The van der Waals surface area contributed by atoms with E-state index in [4.69, 9.17) is 17.3 Å². The SMILES string of the molecule is CCC(N)(CC)CNS(=O)(=O)N(C)Cc1c(F)cccc1Cl.Cl. The average molecular weight is 388 g/mol. The van der Waals surface area contributed by atoms with Gasteiger partial charge in [-0.25, -0.2) is 9.11 Å². The van der Waals surface area contributed by atoms with Crippen LogP contribution in [0.5, 0.6) is 0 Å². The van der Waals surface area contributed by atoms with E-state index in [-0.39, 0.29) is 36.1 Å². The maximum absolute atomic E-state index is 13.7. The van der Waals surface area contributed by atoms with Crippen LogP contribution in [0.1, 0.15) is 32.3 Å². The van der Waals surface area contributed by atoms with Crippen molar-refractivity contribution in [2.75, 3.05) is 13.6 Å². The van der Waals surface area contributed by atoms with Crippen molar-refractivity contribution in [2.24, 2.45) is 5.73 Å². The molecule has 3 N–H and O–H groups in total. The van der Waals surface area contributed by atoms with E-state index in [1.165, 1.54) is 25.2 Å². The Morgan fingerprint density at radius 3 is 2.39 bits per heavy atom. The summed E-state index contributed by atoms with van der Waals surface area (Å²) in [5.74, 6) is -0.537. The van der Waals surface area contributed by atoms with Gasteiger partial charge >= 0.3 is 0 Å². The lowest BCUT2D eigenvalue weighted by Gasteiger charge is -2.28. The van der Waals surface area contributed by atoms with Crippen molar-refractivity contribution >= 4 is 34.2 Å². The van der Waals surface area contributed by atoms with Crippen molar-refractivity contribution in [3.63, 3.8) is 0 Å². The summed E-state index contributed by atoms with van der Waals surface area (Å²) in [6.07, 6.45) is 1.30. The van der Waals surface area contributed by atoms with Gasteiger partial charge in [0.25, 0.3) is 10.2 Å². The topological polar surface area (TPSA) is 75.4 Å². The number of nitrogens with two attached hydrogens (primary N) is 1. The van der Waals surface area contributed by atoms with Crippen molar-refractivity contribution < 1.29 is 12.8 Å². The maximum atomic E-state index is 13.7. The van der Waals surface area contributed by atoms with Gasteiger partial charge in [-0.1, -0.05) is 31.5 Å². The Kier molecular flexibility index (Phi) is 8.97. The zero-order chi connectivity index (χ0) is 17.0. The van der Waals surface area contributed by atoms with Gasteiger partial charge in [0.15, 0.2) is 0 Å². The average Bonchev–Trinajstić information content (AvgIpc) is 2.48. The third-order valence-electron chi connectivity index (χ3n) is 3.87. The third-order valence-corrected chi connectivity index (χ3v) is 5.68. The number of rotatable bonds is 8. The van der Waals surface area contributed by atoms with Gasteiger partial charge in [-0.15, -0.1) is 12.4 Å². The highest BCUT2D eigenvalue weighted by molar-refractivity contribution is 7.87. The van der Waals surface area contributed by atoms with Crippen LogP contribution in [-0.2, 0) is 16.8 Å². The van der Waals surface area contributed by atoms with E-state index in [0.29, 0.717) is 12.8 Å². The monoisotopic (exact) mass is 387 g/mol. The first-order valence-corrected chi connectivity index (χ1v) is 8.89. The van der Waals surface area contributed by atoms with Crippen LogP contribution >= 0.6 is 24.0 Å². The van der Waals surface area contributed by atoms with Gasteiger partial charge in [-0.05, 0) is 25.0 Å². The largest absolute Gasteiger partial charge is 0.324 e. The van der Waals surface area contributed by atoms with Gasteiger partial charge in [-0.3, -0.25) is 0 Å². The van der Waals surface area contributed by atoms with Crippen molar-refractivity contribution in [3.05, 3.63) is 34.6 Å². The molecule has 5 nitrogen and oxygen atoms in total. The minimum absolute atomic E-state index is 0. The Morgan fingerprint density at radius 2 is 1.91 bits per heavy atom. The van der Waals surface area contributed by atoms with Crippen molar-refractivity contribution in [2.45, 2.75) is 38.8 Å². The number of hydrogen-bond donors (Lipinski definition) is 2. The molecule has 1 aromatic rings. The van der Waals surface area contributed by atoms with E-state index >= 15 is 0 Å². The zero-order valence-corrected chi connectivity index (χ0v) is 15.9. The second kappa shape index (κ2) is 9.15. The molecular formula is C14H24Cl2FN3O2S. The smallest absolute Gasteiger partial charge is 0.279 e. The summed E-state index contributed by atoms with van der Waals surface area (Å²) in [6, 6.07) is 4.24. The van der Waals surface area contributed by atoms with Crippen LogP contribution in [0.15, 0.2) is 18.2 Å². The van der Waals surface area contributed by atoms with Crippen molar-refractivity contribution in [1.29, 1.82) is 0 Å². The molecule has 9 heteroatoms. The zero-order valence-electron chi connectivity index (χ0n) is 13.5. The third kappa shape index (κ3) is 6.17. The van der Waals surface area contributed by atoms with Crippen molar-refractivity contribution in [3.8, 4) is 0 Å². The molecule has 0 saturated heterocycles. The lowest BCUT2D eigenvalue weighted by molar-refractivity contribution is 0.380. The van der Waals surface area contributed by atoms with E-state index in [1.54, 1.807) is 0 Å². The number of benzene rings is 1. The minimum Gasteiger partial charge on any atom is -0.324 e. The molecule has 1 aromatic carbocycles. The van der Waals surface area contributed by atoms with Gasteiger partial charge in [0.1, 0.15) is 5.82 Å². The second-order valence-corrected chi connectivity index (χ2v) is 7.62. The molecule has 0 fully saturated rings. The number of hydrogen-bond acceptors (Lipinski definition) is 3. The van der Waals surface area contributed by atoms with E-state index in [9.17, 15) is 12.8 Å². The molecule has 23 heavy (non-hydrogen) atoms. The second-order valence-electron chi connectivity index (χ2n) is 5.35. The van der Waals surface area contributed by atoms with Gasteiger partial charge in [-0.2, -0.15) is 12.7 Å². The van der Waals surface area contributed by atoms with Gasteiger partial charge in [0.2, 0.25) is 0 Å². The van der Waals surface area contributed by atoms with E-state index < -0.39 is 21.6 Å². The molecule has 0 spiro atoms. The number of nitrogens with one attached hydrogen (secondary N) is 1. The highest BCUT2D eigenvalue weighted by Crippen LogP contribution is 2.21. The van der Waals surface area contributed by atoms with Crippen LogP contribution in [0.4, 0.5) is 4.39 Å². The molecular weight excluding hydrogens is 364 g/mol. The summed E-state index contributed by atoms with van der Waals surface area (Å²) in [7, 11) is -2.41. The predicted molar refractivity (Wildman–Crippen MR) is 94.5 cm³/mol. The fraction of sp³-hybridized carbons (Fsp3) is 0.571. The first-order chi connectivity index (χ1) is 10.1. The highest BCUT2D eigenvalue weighted by Gasteiger charge is 2.26. The summed E-state index contributed by atoms with van der Waals surface area (Å²) in [4.78, 5) is 0. The first kappa shape index (κ1) is 22.6. The summed E-state index contributed by atoms with van der Waals surface area (Å²) >= 11 is 5.92. The lowest BCUT2D eigenvalue weighted by Crippen LogP contribution is -2.51. The summed E-state index contributed by atoms with van der Waals surface area (Å²) in [5, 5.41) is 0.192. The van der Waals surface area contributed by atoms with Crippen LogP contribution < -0.4 is 10.5 Å². The molecule has 0 heterocycles. The lowest BCUT2D eigenvalue weighted by atomic mass is 9.95. The number of nitrogens with zero attached hydrogens (tertiary/aromatic N) is 1. The van der Waals surface area contributed by atoms with E-state index in [0.717, 1.165) is 4.31 Å². The molecule has 0 radical (unpaired) electrons. The van der Waals surface area contributed by atoms with Gasteiger partial charge < -0.3 is 5.73 Å². The van der Waals surface area contributed by atoms with Crippen LogP contribution in [-0.4, -0.2) is 31.9 Å². The molecule has 0 bridgehead atoms. The number of halogens is 3. The minimum atomic E-state index is -3.77. The molecule has 0 atom stereocenters. The molecule has 134 valence electrons. The normalized spacial score (nSPS) is 12.3. The Morgan fingerprint density at radius 1 is 1.35 bits per heavy atom. The Bertz CT molecular complexity index is 590. The highest BCUT2D eigenvalue weighted by atomic mass is 35.5. The van der Waals surface area contributed by atoms with Crippen LogP contribution in [0.25, 0.3) is 0 Å². The predicted octanol–water partition coefficient (Wildman–Crippen LogP) is 2.68. The molecule has 1 rings (SSSR count). The molecule has 0 amide bonds. The van der Waals surface area contributed by atoms with E-state index in [1.807, 2.05) is 13.8 Å². The van der Waals surface area contributed by atoms with Crippen LogP contribution in [0.2, 0.25) is 5.02 Å². The summed E-state index contributed by atoms with van der Waals surface area (Å²) in [5.41, 5.74) is 5.63. The van der Waals surface area contributed by atoms with Crippen molar-refractivity contribution in [1.82, 2.24) is 9.03 Å². The Labute approximate surface area is 149 Å². The molecule has 0 aliphatic rings. The molecule has 0 unspecified atom stereocenters.